The normalized spacial score (nSPS) is 20.5. The van der Waals surface area contributed by atoms with E-state index in [0.717, 1.165) is 47.7 Å². The van der Waals surface area contributed by atoms with Crippen LogP contribution < -0.4 is 15.2 Å². The van der Waals surface area contributed by atoms with E-state index in [4.69, 9.17) is 19.2 Å². The summed E-state index contributed by atoms with van der Waals surface area (Å²) in [6, 6.07) is 11.6. The Morgan fingerprint density at radius 1 is 1.20 bits per heavy atom. The quantitative estimate of drug-likeness (QED) is 0.467. The van der Waals surface area contributed by atoms with Crippen LogP contribution in [0.2, 0.25) is 0 Å². The van der Waals surface area contributed by atoms with E-state index >= 15 is 0 Å². The maximum atomic E-state index is 13.7. The Balaban J connectivity index is 1.74. The lowest BCUT2D eigenvalue weighted by Crippen LogP contribution is -2.78. The SMILES string of the molecule is CCOc1cc2c(cc1OC)C(c1ccc(C(=O)N(C(C)C)C(C)(C)COC(C)=O)cc1)=NC1([NH3+])CCN(C)CC21. The number of fused-ring (bicyclic) bond motifs is 3. The number of aliphatic imine (C=N–C) groups is 1. The summed E-state index contributed by atoms with van der Waals surface area (Å²) >= 11 is 0. The number of methoxy groups -OCH3 is 1. The number of hydrogen-bond acceptors (Lipinski definition) is 7. The van der Waals surface area contributed by atoms with Crippen LogP contribution in [0.1, 0.15) is 80.9 Å². The third-order valence-corrected chi connectivity index (χ3v) is 8.09. The number of piperidine rings is 1. The summed E-state index contributed by atoms with van der Waals surface area (Å²) in [4.78, 5) is 34.6. The van der Waals surface area contributed by atoms with E-state index in [1.54, 1.807) is 12.0 Å². The summed E-state index contributed by atoms with van der Waals surface area (Å²) in [6.45, 7) is 13.5. The summed E-state index contributed by atoms with van der Waals surface area (Å²) in [5.41, 5.74) is 7.91. The van der Waals surface area contributed by atoms with Crippen molar-refractivity contribution in [1.29, 1.82) is 0 Å². The van der Waals surface area contributed by atoms with Crippen LogP contribution in [0, 0.1) is 0 Å². The molecule has 4 rings (SSSR count). The number of benzene rings is 2. The first-order chi connectivity index (χ1) is 19.3. The van der Waals surface area contributed by atoms with Gasteiger partial charge in [0.15, 0.2) is 17.2 Å². The lowest BCUT2D eigenvalue weighted by atomic mass is 9.75. The minimum Gasteiger partial charge on any atom is -0.493 e. The zero-order valence-electron chi connectivity index (χ0n) is 25.7. The van der Waals surface area contributed by atoms with Gasteiger partial charge in [-0.15, -0.1) is 0 Å². The summed E-state index contributed by atoms with van der Waals surface area (Å²) in [5, 5.41) is 0. The molecule has 1 fully saturated rings. The predicted octanol–water partition coefficient (Wildman–Crippen LogP) is 3.49. The molecule has 2 atom stereocenters. The summed E-state index contributed by atoms with van der Waals surface area (Å²) in [5.74, 6) is 1.00. The molecule has 1 saturated heterocycles. The first-order valence-corrected chi connectivity index (χ1v) is 14.4. The van der Waals surface area contributed by atoms with Crippen molar-refractivity contribution >= 4 is 17.6 Å². The van der Waals surface area contributed by atoms with Gasteiger partial charge >= 0.3 is 5.97 Å². The summed E-state index contributed by atoms with van der Waals surface area (Å²) in [7, 11) is 3.78. The number of esters is 1. The second-order valence-electron chi connectivity index (χ2n) is 12.1. The van der Waals surface area contributed by atoms with Gasteiger partial charge in [0, 0.05) is 49.2 Å². The van der Waals surface area contributed by atoms with Crippen molar-refractivity contribution in [2.75, 3.05) is 40.5 Å². The Morgan fingerprint density at radius 2 is 1.88 bits per heavy atom. The van der Waals surface area contributed by atoms with Gasteiger partial charge in [0.25, 0.3) is 5.91 Å². The van der Waals surface area contributed by atoms with E-state index in [0.29, 0.717) is 17.9 Å². The monoisotopic (exact) mass is 565 g/mol. The number of ether oxygens (including phenoxy) is 3. The van der Waals surface area contributed by atoms with Crippen molar-refractivity contribution in [3.63, 3.8) is 0 Å². The second kappa shape index (κ2) is 11.8. The van der Waals surface area contributed by atoms with Crippen LogP contribution in [0.3, 0.4) is 0 Å². The Kier molecular flexibility index (Phi) is 8.80. The molecule has 0 spiro atoms. The molecule has 9 heteroatoms. The van der Waals surface area contributed by atoms with Gasteiger partial charge in [0.2, 0.25) is 0 Å². The fourth-order valence-corrected chi connectivity index (χ4v) is 6.12. The highest BCUT2D eigenvalue weighted by Crippen LogP contribution is 2.44. The molecule has 0 radical (unpaired) electrons. The highest BCUT2D eigenvalue weighted by atomic mass is 16.5. The average Bonchev–Trinajstić information content (AvgIpc) is 2.92. The van der Waals surface area contributed by atoms with Crippen molar-refractivity contribution in [3.05, 3.63) is 58.7 Å². The number of nitrogens with zero attached hydrogens (tertiary/aromatic N) is 3. The van der Waals surface area contributed by atoms with Crippen LogP contribution in [0.25, 0.3) is 0 Å². The van der Waals surface area contributed by atoms with E-state index < -0.39 is 11.2 Å². The molecule has 2 aromatic rings. The number of likely N-dealkylation sites (tertiary alicyclic amines) is 1. The van der Waals surface area contributed by atoms with E-state index in [2.05, 4.69) is 23.7 Å². The highest BCUT2D eigenvalue weighted by Gasteiger charge is 2.48. The van der Waals surface area contributed by atoms with Crippen molar-refractivity contribution < 1.29 is 29.5 Å². The van der Waals surface area contributed by atoms with Gasteiger partial charge in [-0.3, -0.25) is 9.59 Å². The maximum Gasteiger partial charge on any atom is 0.302 e. The van der Waals surface area contributed by atoms with E-state index in [9.17, 15) is 9.59 Å². The minimum atomic E-state index is -0.680. The van der Waals surface area contributed by atoms with Crippen LogP contribution in [-0.2, 0) is 9.53 Å². The van der Waals surface area contributed by atoms with Crippen molar-refractivity contribution in [3.8, 4) is 11.5 Å². The minimum absolute atomic E-state index is 0.0956. The smallest absolute Gasteiger partial charge is 0.302 e. The number of hydrogen-bond donors (Lipinski definition) is 1. The Bertz CT molecular complexity index is 1320. The molecule has 3 N–H and O–H groups in total. The fraction of sp³-hybridized carbons (Fsp3) is 0.531. The number of quaternary nitrogens is 1. The second-order valence-corrected chi connectivity index (χ2v) is 12.1. The first kappa shape index (κ1) is 30.5. The zero-order chi connectivity index (χ0) is 30.1. The molecule has 41 heavy (non-hydrogen) atoms. The molecule has 2 aliphatic rings. The first-order valence-electron chi connectivity index (χ1n) is 14.4. The number of carbonyl (C=O) groups is 2. The molecule has 0 bridgehead atoms. The van der Waals surface area contributed by atoms with Gasteiger partial charge in [-0.05, 0) is 71.5 Å². The van der Waals surface area contributed by atoms with Crippen LogP contribution in [0.5, 0.6) is 11.5 Å². The number of rotatable bonds is 9. The van der Waals surface area contributed by atoms with Gasteiger partial charge in [0.1, 0.15) is 6.61 Å². The molecule has 0 aromatic heterocycles. The topological polar surface area (TPSA) is 108 Å². The molecule has 2 unspecified atom stereocenters. The molecular weight excluding hydrogens is 520 g/mol. The lowest BCUT2D eigenvalue weighted by molar-refractivity contribution is -0.488. The van der Waals surface area contributed by atoms with Crippen molar-refractivity contribution in [2.45, 2.75) is 71.1 Å². The third-order valence-electron chi connectivity index (χ3n) is 8.09. The Labute approximate surface area is 243 Å². The molecule has 0 aliphatic carbocycles. The third kappa shape index (κ3) is 6.11. The molecule has 222 valence electrons. The molecule has 2 aliphatic heterocycles. The zero-order valence-corrected chi connectivity index (χ0v) is 25.7. The molecule has 2 aromatic carbocycles. The van der Waals surface area contributed by atoms with Crippen molar-refractivity contribution in [1.82, 2.24) is 9.80 Å². The largest absolute Gasteiger partial charge is 0.493 e. The average molecular weight is 566 g/mol. The summed E-state index contributed by atoms with van der Waals surface area (Å²) in [6.07, 6.45) is 0.838. The lowest BCUT2D eigenvalue weighted by Gasteiger charge is -2.43. The molecule has 2 heterocycles. The van der Waals surface area contributed by atoms with Crippen LogP contribution in [-0.4, -0.2) is 85.1 Å². The highest BCUT2D eigenvalue weighted by molar-refractivity contribution is 6.15. The van der Waals surface area contributed by atoms with Gasteiger partial charge in [0.05, 0.1) is 30.9 Å². The fourth-order valence-electron chi connectivity index (χ4n) is 6.12. The Hall–Kier alpha value is -3.43. The van der Waals surface area contributed by atoms with E-state index in [1.165, 1.54) is 6.92 Å². The predicted molar refractivity (Wildman–Crippen MR) is 159 cm³/mol. The van der Waals surface area contributed by atoms with Gasteiger partial charge in [-0.2, -0.15) is 0 Å². The van der Waals surface area contributed by atoms with Gasteiger partial charge < -0.3 is 29.7 Å². The maximum absolute atomic E-state index is 13.7. The molecular formula is C32H45N4O5+. The molecule has 0 saturated carbocycles. The van der Waals surface area contributed by atoms with E-state index in [-0.39, 0.29) is 30.4 Å². The Morgan fingerprint density at radius 3 is 2.46 bits per heavy atom. The van der Waals surface area contributed by atoms with Crippen LogP contribution in [0.4, 0.5) is 0 Å². The number of likely N-dealkylation sites (N-methyl/N-ethyl adjacent to an activating group) is 1. The molecule has 9 nitrogen and oxygen atoms in total. The van der Waals surface area contributed by atoms with Gasteiger partial charge in [-0.25, -0.2) is 4.99 Å². The van der Waals surface area contributed by atoms with Gasteiger partial charge in [-0.1, -0.05) is 12.1 Å². The van der Waals surface area contributed by atoms with Crippen LogP contribution >= 0.6 is 0 Å². The number of amides is 1. The standard InChI is InChI=1S/C32H44N4O5/c1-9-40-28-16-24-25(17-27(28)39-8)29(34-32(33)14-15-35(7)18-26(24)32)22-10-12-23(13-11-22)30(38)36(20(2)3)31(5,6)19-41-21(4)37/h10-13,16-17,20,26H,9,14-15,18-19,33H2,1-8H3/p+1. The van der Waals surface area contributed by atoms with Crippen molar-refractivity contribution in [2.24, 2.45) is 4.99 Å². The van der Waals surface area contributed by atoms with E-state index in [1.807, 2.05) is 65.0 Å². The molecule has 1 amide bonds. The van der Waals surface area contributed by atoms with Crippen LogP contribution in [0.15, 0.2) is 41.4 Å². The summed E-state index contributed by atoms with van der Waals surface area (Å²) < 4.78 is 16.9. The number of carbonyl (C=O) groups excluding carboxylic acids is 2.